The van der Waals surface area contributed by atoms with E-state index < -0.39 is 41.0 Å². The molecule has 0 aliphatic rings. The van der Waals surface area contributed by atoms with Crippen molar-refractivity contribution in [1.29, 1.82) is 0 Å². The van der Waals surface area contributed by atoms with Gasteiger partial charge in [-0.2, -0.15) is 0 Å². The highest BCUT2D eigenvalue weighted by molar-refractivity contribution is 5.91. The van der Waals surface area contributed by atoms with Crippen molar-refractivity contribution in [3.8, 4) is 0 Å². The van der Waals surface area contributed by atoms with Gasteiger partial charge in [0.25, 0.3) is 0 Å². The smallest absolute Gasteiger partial charge is 0.246 e. The van der Waals surface area contributed by atoms with Crippen LogP contribution in [0.4, 0.5) is 0 Å². The summed E-state index contributed by atoms with van der Waals surface area (Å²) in [6.07, 6.45) is 0.802. The van der Waals surface area contributed by atoms with Crippen molar-refractivity contribution in [3.63, 3.8) is 0 Å². The minimum absolute atomic E-state index is 0.148. The average Bonchev–Trinajstić information content (AvgIpc) is 2.58. The highest BCUT2D eigenvalue weighted by atomic mass is 16.6. The largest absolute Gasteiger partial charge is 0.379 e. The molecule has 2 atom stereocenters. The Kier molecular flexibility index (Phi) is 9.91. The molecule has 2 N–H and O–H groups in total. The molecule has 0 rings (SSSR count). The first-order chi connectivity index (χ1) is 12.4. The molecule has 0 spiro atoms. The normalized spacial score (nSPS) is 13.6. The van der Waals surface area contributed by atoms with Crippen molar-refractivity contribution >= 4 is 17.7 Å². The summed E-state index contributed by atoms with van der Waals surface area (Å²) in [7, 11) is 4.32. The number of carbonyl (C=O) groups excluding carboxylic acids is 3. The van der Waals surface area contributed by atoms with Gasteiger partial charge in [-0.1, -0.05) is 6.92 Å². The van der Waals surface area contributed by atoms with Crippen molar-refractivity contribution in [2.24, 2.45) is 5.73 Å². The molecule has 156 valence electrons. The van der Waals surface area contributed by atoms with Crippen LogP contribution in [0.3, 0.4) is 0 Å². The van der Waals surface area contributed by atoms with Crippen molar-refractivity contribution in [3.05, 3.63) is 10.1 Å². The summed E-state index contributed by atoms with van der Waals surface area (Å²) in [6, 6.07) is -2.02. The third-order valence-corrected chi connectivity index (χ3v) is 4.58. The number of rotatable bonds is 12. The van der Waals surface area contributed by atoms with Crippen molar-refractivity contribution in [2.75, 3.05) is 27.7 Å². The second kappa shape index (κ2) is 10.8. The van der Waals surface area contributed by atoms with Crippen LogP contribution in [0, 0.1) is 10.1 Å². The fraction of sp³-hybridized carbons (Fsp3) is 0.824. The third kappa shape index (κ3) is 7.90. The summed E-state index contributed by atoms with van der Waals surface area (Å²) in [6.45, 7) is 4.85. The molecule has 0 unspecified atom stereocenters. The minimum atomic E-state index is -1.05. The van der Waals surface area contributed by atoms with Crippen LogP contribution < -0.4 is 5.73 Å². The summed E-state index contributed by atoms with van der Waals surface area (Å²) in [5, 5.41) is 10.8. The van der Waals surface area contributed by atoms with Gasteiger partial charge >= 0.3 is 0 Å². The zero-order valence-corrected chi connectivity index (χ0v) is 17.1. The maximum atomic E-state index is 13.0. The van der Waals surface area contributed by atoms with E-state index in [1.165, 1.54) is 26.1 Å². The first kappa shape index (κ1) is 24.8. The van der Waals surface area contributed by atoms with Gasteiger partial charge in [-0.25, -0.2) is 0 Å². The quantitative estimate of drug-likeness (QED) is 0.380. The Balaban J connectivity index is 5.60. The van der Waals surface area contributed by atoms with E-state index in [1.54, 1.807) is 13.8 Å². The average molecular weight is 388 g/mol. The summed E-state index contributed by atoms with van der Waals surface area (Å²) in [5.41, 5.74) is 4.75. The lowest BCUT2D eigenvalue weighted by Crippen LogP contribution is -2.55. The fourth-order valence-corrected chi connectivity index (χ4v) is 2.64. The highest BCUT2D eigenvalue weighted by Gasteiger charge is 2.37. The van der Waals surface area contributed by atoms with Gasteiger partial charge in [-0.3, -0.25) is 24.5 Å². The molecule has 0 saturated carbocycles. The molecule has 0 heterocycles. The zero-order chi connectivity index (χ0) is 21.4. The third-order valence-electron chi connectivity index (χ3n) is 4.58. The lowest BCUT2D eigenvalue weighted by molar-refractivity contribution is -0.481. The molecule has 0 aromatic carbocycles. The molecule has 0 bridgehead atoms. The van der Waals surface area contributed by atoms with Gasteiger partial charge in [0.2, 0.25) is 24.3 Å². The topological polar surface area (TPSA) is 136 Å². The maximum absolute atomic E-state index is 13.0. The number of hydrogen-bond acceptors (Lipinski definition) is 6. The highest BCUT2D eigenvalue weighted by Crippen LogP contribution is 2.20. The number of nitro groups is 1. The van der Waals surface area contributed by atoms with Crippen LogP contribution in [0.25, 0.3) is 0 Å². The molecular formula is C17H32N4O6. The van der Waals surface area contributed by atoms with Crippen LogP contribution in [0.1, 0.15) is 46.5 Å². The van der Waals surface area contributed by atoms with Crippen molar-refractivity contribution < 1.29 is 24.0 Å². The lowest BCUT2D eigenvalue weighted by Gasteiger charge is -2.36. The maximum Gasteiger partial charge on any atom is 0.246 e. The van der Waals surface area contributed by atoms with Crippen LogP contribution >= 0.6 is 0 Å². The number of amides is 3. The number of methoxy groups -OCH3 is 1. The van der Waals surface area contributed by atoms with Crippen LogP contribution in [0.5, 0.6) is 0 Å². The number of nitrogens with zero attached hydrogens (tertiary/aromatic N) is 3. The van der Waals surface area contributed by atoms with Gasteiger partial charge < -0.3 is 20.3 Å². The van der Waals surface area contributed by atoms with E-state index in [-0.39, 0.29) is 25.2 Å². The SMILES string of the molecule is CCCC(=O)N(C)[C@H](CC[N+](=O)[O-])C(=O)N(C)[C@@H](CC(C)(C)OC)C(N)=O. The van der Waals surface area contributed by atoms with Gasteiger partial charge in [-0.15, -0.1) is 0 Å². The summed E-state index contributed by atoms with van der Waals surface area (Å²) in [4.78, 5) is 49.7. The number of likely N-dealkylation sites (N-methyl/N-ethyl adjacent to an activating group) is 2. The van der Waals surface area contributed by atoms with Gasteiger partial charge in [-0.05, 0) is 20.3 Å². The van der Waals surface area contributed by atoms with E-state index in [2.05, 4.69) is 0 Å². The molecular weight excluding hydrogens is 356 g/mol. The predicted octanol–water partition coefficient (Wildman–Crippen LogP) is 0.408. The van der Waals surface area contributed by atoms with Gasteiger partial charge in [0, 0.05) is 45.4 Å². The molecule has 0 aliphatic heterocycles. The Labute approximate surface area is 160 Å². The monoisotopic (exact) mass is 388 g/mol. The molecule has 27 heavy (non-hydrogen) atoms. The Hall–Kier alpha value is -2.23. The fourth-order valence-electron chi connectivity index (χ4n) is 2.64. The molecule has 0 aromatic rings. The number of ether oxygens (including phenoxy) is 1. The Morgan fingerprint density at radius 3 is 2.15 bits per heavy atom. The Morgan fingerprint density at radius 1 is 1.19 bits per heavy atom. The Morgan fingerprint density at radius 2 is 1.74 bits per heavy atom. The number of nitrogens with two attached hydrogens (primary N) is 1. The van der Waals surface area contributed by atoms with Crippen LogP contribution in [0.15, 0.2) is 0 Å². The number of hydrogen-bond donors (Lipinski definition) is 1. The van der Waals surface area contributed by atoms with Gasteiger partial charge in [0.1, 0.15) is 12.1 Å². The van der Waals surface area contributed by atoms with Crippen molar-refractivity contribution in [2.45, 2.75) is 64.1 Å². The van der Waals surface area contributed by atoms with Gasteiger partial charge in [0.05, 0.1) is 5.60 Å². The molecule has 0 radical (unpaired) electrons. The molecule has 0 fully saturated rings. The molecule has 3 amide bonds. The molecule has 0 aliphatic carbocycles. The van der Waals surface area contributed by atoms with E-state index >= 15 is 0 Å². The second-order valence-electron chi connectivity index (χ2n) is 7.15. The van der Waals surface area contributed by atoms with Crippen LogP contribution in [0.2, 0.25) is 0 Å². The second-order valence-corrected chi connectivity index (χ2v) is 7.15. The van der Waals surface area contributed by atoms with Crippen LogP contribution in [-0.4, -0.2) is 77.9 Å². The molecule has 0 saturated heterocycles. The first-order valence-electron chi connectivity index (χ1n) is 8.86. The molecule has 10 heteroatoms. The first-order valence-corrected chi connectivity index (χ1v) is 8.86. The zero-order valence-electron chi connectivity index (χ0n) is 17.1. The summed E-state index contributed by atoms with van der Waals surface area (Å²) >= 11 is 0. The van der Waals surface area contributed by atoms with E-state index in [4.69, 9.17) is 10.5 Å². The standard InChI is InChI=1S/C17H32N4O6/c1-7-8-14(22)19(4)12(9-10-21(25)26)16(24)20(5)13(15(18)23)11-17(2,3)27-6/h12-13H,7-11H2,1-6H3,(H2,18,23)/t12-,13+/m1/s1. The predicted molar refractivity (Wildman–Crippen MR) is 99.4 cm³/mol. The molecule has 10 nitrogen and oxygen atoms in total. The Bertz CT molecular complexity index is 552. The van der Waals surface area contributed by atoms with E-state index in [1.807, 2.05) is 6.92 Å². The van der Waals surface area contributed by atoms with Gasteiger partial charge in [0.15, 0.2) is 0 Å². The van der Waals surface area contributed by atoms with Crippen molar-refractivity contribution in [1.82, 2.24) is 9.80 Å². The van der Waals surface area contributed by atoms with E-state index in [0.29, 0.717) is 6.42 Å². The van der Waals surface area contributed by atoms with E-state index in [0.717, 1.165) is 4.90 Å². The lowest BCUT2D eigenvalue weighted by atomic mass is 9.96. The minimum Gasteiger partial charge on any atom is -0.379 e. The number of carbonyl (C=O) groups is 3. The van der Waals surface area contributed by atoms with E-state index in [9.17, 15) is 24.5 Å². The summed E-state index contributed by atoms with van der Waals surface area (Å²) in [5.74, 6) is -1.58. The summed E-state index contributed by atoms with van der Waals surface area (Å²) < 4.78 is 5.31. The number of primary amides is 1. The molecule has 0 aromatic heterocycles. The van der Waals surface area contributed by atoms with Crippen LogP contribution in [-0.2, 0) is 19.1 Å².